The minimum atomic E-state index is -1.50. The standard InChI is InChI=1S/C18H16Cl2N2OS.HNO3/c19-14-7-6-13(16(20)11-14)10-17(18-21-8-9-22-18)23-12-24-15-4-2-1-3-5-15;2-1(3)4/h1-9,11,17H,10,12H2,(H,21,22);(H,2,3,4). The van der Waals surface area contributed by atoms with Crippen molar-refractivity contribution in [3.63, 3.8) is 0 Å². The van der Waals surface area contributed by atoms with E-state index in [4.69, 9.17) is 43.3 Å². The summed E-state index contributed by atoms with van der Waals surface area (Å²) in [5.41, 5.74) is 0.979. The highest BCUT2D eigenvalue weighted by Gasteiger charge is 2.17. The number of rotatable bonds is 7. The van der Waals surface area contributed by atoms with E-state index in [1.54, 1.807) is 30.2 Å². The minimum absolute atomic E-state index is 0.199. The molecule has 3 aromatic rings. The van der Waals surface area contributed by atoms with Crippen LogP contribution in [0.5, 0.6) is 0 Å². The van der Waals surface area contributed by atoms with Gasteiger partial charge in [0.1, 0.15) is 11.9 Å². The van der Waals surface area contributed by atoms with Gasteiger partial charge in [0.05, 0.1) is 5.94 Å². The first-order chi connectivity index (χ1) is 13.5. The van der Waals surface area contributed by atoms with E-state index in [9.17, 15) is 0 Å². The highest BCUT2D eigenvalue weighted by molar-refractivity contribution is 7.99. The molecular formula is C18H17Cl2N3O4S. The number of hydrogen-bond donors (Lipinski definition) is 2. The van der Waals surface area contributed by atoms with Crippen molar-refractivity contribution in [3.8, 4) is 0 Å². The SMILES string of the molecule is Clc1ccc(CC(OCSc2ccccc2)c2ncc[nH]2)c(Cl)c1.O=[N+]([O-])O. The normalized spacial score (nSPS) is 11.4. The molecule has 1 atom stereocenters. The first-order valence-electron chi connectivity index (χ1n) is 8.01. The van der Waals surface area contributed by atoms with E-state index in [2.05, 4.69) is 22.1 Å². The summed E-state index contributed by atoms with van der Waals surface area (Å²) in [6, 6.07) is 15.7. The van der Waals surface area contributed by atoms with Gasteiger partial charge in [0, 0.05) is 33.8 Å². The lowest BCUT2D eigenvalue weighted by Gasteiger charge is -2.17. The molecule has 0 radical (unpaired) electrons. The number of benzene rings is 2. The van der Waals surface area contributed by atoms with Crippen LogP contribution in [-0.4, -0.2) is 26.2 Å². The third-order valence-electron chi connectivity index (χ3n) is 3.48. The van der Waals surface area contributed by atoms with Crippen LogP contribution in [0.25, 0.3) is 0 Å². The fourth-order valence-corrected chi connectivity index (χ4v) is 3.48. The number of hydrogen-bond acceptors (Lipinski definition) is 5. The van der Waals surface area contributed by atoms with Gasteiger partial charge in [-0.05, 0) is 29.8 Å². The molecule has 7 nitrogen and oxygen atoms in total. The molecule has 0 saturated carbocycles. The average Bonchev–Trinajstić information content (AvgIpc) is 3.18. The van der Waals surface area contributed by atoms with Crippen molar-refractivity contribution in [2.75, 3.05) is 5.94 Å². The van der Waals surface area contributed by atoms with Gasteiger partial charge in [0.2, 0.25) is 0 Å². The predicted molar refractivity (Wildman–Crippen MR) is 109 cm³/mol. The largest absolute Gasteiger partial charge is 0.359 e. The van der Waals surface area contributed by atoms with Crippen LogP contribution in [-0.2, 0) is 11.2 Å². The highest BCUT2D eigenvalue weighted by atomic mass is 35.5. The maximum Gasteiger partial charge on any atom is 0.291 e. The predicted octanol–water partition coefficient (Wildman–Crippen LogP) is 5.42. The summed E-state index contributed by atoms with van der Waals surface area (Å²) < 4.78 is 6.06. The number of aromatic amines is 1. The lowest BCUT2D eigenvalue weighted by Crippen LogP contribution is -2.10. The van der Waals surface area contributed by atoms with Crippen molar-refractivity contribution >= 4 is 35.0 Å². The molecule has 0 aliphatic rings. The lowest BCUT2D eigenvalue weighted by atomic mass is 10.1. The molecule has 0 amide bonds. The molecule has 0 aliphatic heterocycles. The fraction of sp³-hybridized carbons (Fsp3) is 0.167. The van der Waals surface area contributed by atoms with Crippen molar-refractivity contribution in [2.45, 2.75) is 17.4 Å². The molecule has 1 unspecified atom stereocenters. The molecule has 0 bridgehead atoms. The maximum absolute atomic E-state index is 8.36. The van der Waals surface area contributed by atoms with Gasteiger partial charge in [-0.3, -0.25) is 0 Å². The first-order valence-corrected chi connectivity index (χ1v) is 9.75. The van der Waals surface area contributed by atoms with Crippen LogP contribution >= 0.6 is 35.0 Å². The van der Waals surface area contributed by atoms with Gasteiger partial charge < -0.3 is 14.9 Å². The average molecular weight is 442 g/mol. The molecule has 2 aromatic carbocycles. The highest BCUT2D eigenvalue weighted by Crippen LogP contribution is 2.28. The van der Waals surface area contributed by atoms with Gasteiger partial charge in [0.15, 0.2) is 0 Å². The Balaban J connectivity index is 0.000000640. The zero-order chi connectivity index (χ0) is 20.4. The van der Waals surface area contributed by atoms with Crippen molar-refractivity contribution < 1.29 is 15.0 Å². The quantitative estimate of drug-likeness (QED) is 0.219. The third-order valence-corrected chi connectivity index (χ3v) is 4.93. The van der Waals surface area contributed by atoms with E-state index in [0.717, 1.165) is 11.4 Å². The van der Waals surface area contributed by atoms with Gasteiger partial charge in [-0.25, -0.2) is 4.98 Å². The van der Waals surface area contributed by atoms with E-state index < -0.39 is 5.09 Å². The summed E-state index contributed by atoms with van der Waals surface area (Å²) in [6.45, 7) is 0. The van der Waals surface area contributed by atoms with Gasteiger partial charge in [-0.1, -0.05) is 59.2 Å². The smallest absolute Gasteiger partial charge is 0.291 e. The van der Waals surface area contributed by atoms with E-state index >= 15 is 0 Å². The van der Waals surface area contributed by atoms with Crippen LogP contribution in [0.3, 0.4) is 0 Å². The number of thioether (sulfide) groups is 1. The van der Waals surface area contributed by atoms with E-state index in [-0.39, 0.29) is 6.10 Å². The van der Waals surface area contributed by atoms with Crippen LogP contribution in [0, 0.1) is 10.1 Å². The van der Waals surface area contributed by atoms with Gasteiger partial charge in [0.25, 0.3) is 5.09 Å². The maximum atomic E-state index is 8.36. The topological polar surface area (TPSA) is 101 Å². The van der Waals surface area contributed by atoms with Crippen LogP contribution in [0.4, 0.5) is 0 Å². The number of H-pyrrole nitrogens is 1. The Bertz CT molecular complexity index is 863. The third kappa shape index (κ3) is 7.77. The summed E-state index contributed by atoms with van der Waals surface area (Å²) in [6.07, 6.45) is 3.94. The molecule has 1 aromatic heterocycles. The second-order valence-electron chi connectivity index (χ2n) is 5.38. The molecule has 1 heterocycles. The Hall–Kier alpha value is -2.26. The Morgan fingerprint density at radius 3 is 2.57 bits per heavy atom. The molecule has 0 fully saturated rings. The summed E-state index contributed by atoms with van der Waals surface area (Å²) in [5.74, 6) is 1.32. The number of nitrogens with one attached hydrogen (secondary N) is 1. The Kier molecular flexibility index (Phi) is 9.09. The number of ether oxygens (including phenoxy) is 1. The molecular weight excluding hydrogens is 425 g/mol. The van der Waals surface area contributed by atoms with Crippen LogP contribution in [0.15, 0.2) is 65.8 Å². The summed E-state index contributed by atoms with van der Waals surface area (Å²) >= 11 is 13.9. The van der Waals surface area contributed by atoms with Gasteiger partial charge in [-0.2, -0.15) is 0 Å². The monoisotopic (exact) mass is 441 g/mol. The van der Waals surface area contributed by atoms with Crippen molar-refractivity contribution in [1.82, 2.24) is 9.97 Å². The van der Waals surface area contributed by atoms with Crippen molar-refractivity contribution in [3.05, 3.63) is 92.5 Å². The summed E-state index contributed by atoms with van der Waals surface area (Å²) in [4.78, 5) is 17.0. The Morgan fingerprint density at radius 2 is 1.96 bits per heavy atom. The zero-order valence-electron chi connectivity index (χ0n) is 14.5. The Labute approximate surface area is 175 Å². The fourth-order valence-electron chi connectivity index (χ4n) is 2.28. The molecule has 3 rings (SSSR count). The molecule has 28 heavy (non-hydrogen) atoms. The van der Waals surface area contributed by atoms with Gasteiger partial charge >= 0.3 is 0 Å². The van der Waals surface area contributed by atoms with Crippen LogP contribution < -0.4 is 0 Å². The van der Waals surface area contributed by atoms with E-state index in [1.165, 1.54) is 4.90 Å². The molecule has 148 valence electrons. The Morgan fingerprint density at radius 1 is 1.25 bits per heavy atom. The number of halogens is 2. The molecule has 0 spiro atoms. The summed E-state index contributed by atoms with van der Waals surface area (Å²) in [7, 11) is 0. The number of imidazole rings is 1. The second-order valence-corrected chi connectivity index (χ2v) is 7.22. The lowest BCUT2D eigenvalue weighted by molar-refractivity contribution is -0.742. The number of nitrogens with zero attached hydrogens (tertiary/aromatic N) is 2. The molecule has 0 saturated heterocycles. The first kappa shape index (κ1) is 22.0. The van der Waals surface area contributed by atoms with Crippen molar-refractivity contribution in [2.24, 2.45) is 0 Å². The van der Waals surface area contributed by atoms with E-state index in [0.29, 0.717) is 22.4 Å². The molecule has 10 heteroatoms. The second kappa shape index (κ2) is 11.6. The molecule has 0 aliphatic carbocycles. The summed E-state index contributed by atoms with van der Waals surface area (Å²) in [5, 5.41) is 14.9. The van der Waals surface area contributed by atoms with Crippen LogP contribution in [0.1, 0.15) is 17.5 Å². The van der Waals surface area contributed by atoms with Crippen LogP contribution in [0.2, 0.25) is 10.0 Å². The van der Waals surface area contributed by atoms with Gasteiger partial charge in [-0.15, -0.1) is 10.1 Å². The van der Waals surface area contributed by atoms with Crippen molar-refractivity contribution in [1.29, 1.82) is 0 Å². The van der Waals surface area contributed by atoms with E-state index in [1.807, 2.05) is 30.3 Å². The molecule has 2 N–H and O–H groups in total. The minimum Gasteiger partial charge on any atom is -0.359 e. The zero-order valence-corrected chi connectivity index (χ0v) is 16.8. The number of aromatic nitrogens is 2.